The third kappa shape index (κ3) is 2.42. The number of rotatable bonds is 2. The molecule has 26 heavy (non-hydrogen) atoms. The molecular formula is C20H12N2O2S2. The van der Waals surface area contributed by atoms with Gasteiger partial charge < -0.3 is 10.2 Å². The summed E-state index contributed by atoms with van der Waals surface area (Å²) in [7, 11) is 0. The number of para-hydroxylation sites is 2. The maximum Gasteiger partial charge on any atom is 0.128 e. The van der Waals surface area contributed by atoms with E-state index in [2.05, 4.69) is 9.97 Å². The summed E-state index contributed by atoms with van der Waals surface area (Å²) in [5.74, 6) is 0.159. The summed E-state index contributed by atoms with van der Waals surface area (Å²) in [6, 6.07) is 18.7. The van der Waals surface area contributed by atoms with Gasteiger partial charge in [-0.1, -0.05) is 24.3 Å². The van der Waals surface area contributed by atoms with E-state index in [4.69, 9.17) is 0 Å². The van der Waals surface area contributed by atoms with Crippen molar-refractivity contribution in [1.29, 1.82) is 0 Å². The molecule has 0 aliphatic rings. The normalized spacial score (nSPS) is 11.4. The van der Waals surface area contributed by atoms with Gasteiger partial charge in [0.25, 0.3) is 0 Å². The molecule has 5 aromatic rings. The van der Waals surface area contributed by atoms with E-state index in [1.807, 2.05) is 48.5 Å². The zero-order valence-corrected chi connectivity index (χ0v) is 15.0. The number of benzene rings is 3. The fourth-order valence-corrected chi connectivity index (χ4v) is 4.88. The van der Waals surface area contributed by atoms with Gasteiger partial charge in [-0.15, -0.1) is 22.7 Å². The number of fused-ring (bicyclic) bond motifs is 2. The molecule has 0 saturated heterocycles. The topological polar surface area (TPSA) is 66.2 Å². The van der Waals surface area contributed by atoms with Crippen molar-refractivity contribution in [3.8, 4) is 32.6 Å². The van der Waals surface area contributed by atoms with Crippen LogP contribution in [0.4, 0.5) is 0 Å². The fourth-order valence-electron chi connectivity index (χ4n) is 2.89. The van der Waals surface area contributed by atoms with Crippen LogP contribution in [0.5, 0.6) is 11.5 Å². The molecule has 2 N–H and O–H groups in total. The van der Waals surface area contributed by atoms with Gasteiger partial charge in [0.1, 0.15) is 21.5 Å². The summed E-state index contributed by atoms with van der Waals surface area (Å²) in [5.41, 5.74) is 2.80. The molecule has 2 aromatic heterocycles. The lowest BCUT2D eigenvalue weighted by atomic mass is 10.1. The molecule has 0 amide bonds. The Labute approximate surface area is 156 Å². The van der Waals surface area contributed by atoms with E-state index in [1.165, 1.54) is 22.7 Å². The van der Waals surface area contributed by atoms with Crippen LogP contribution in [0.25, 0.3) is 41.6 Å². The van der Waals surface area contributed by atoms with Crippen LogP contribution in [0.15, 0.2) is 60.7 Å². The summed E-state index contributed by atoms with van der Waals surface area (Å²) in [4.78, 5) is 9.11. The van der Waals surface area contributed by atoms with E-state index >= 15 is 0 Å². The Morgan fingerprint density at radius 3 is 1.46 bits per heavy atom. The molecule has 6 heteroatoms. The van der Waals surface area contributed by atoms with Crippen LogP contribution < -0.4 is 0 Å². The Morgan fingerprint density at radius 1 is 0.615 bits per heavy atom. The highest BCUT2D eigenvalue weighted by Gasteiger charge is 2.17. The highest BCUT2D eigenvalue weighted by molar-refractivity contribution is 7.22. The maximum atomic E-state index is 10.6. The van der Waals surface area contributed by atoms with E-state index < -0.39 is 0 Å². The number of aromatic nitrogens is 2. The van der Waals surface area contributed by atoms with E-state index in [0.717, 1.165) is 20.4 Å². The molecule has 0 atom stereocenters. The predicted molar refractivity (Wildman–Crippen MR) is 107 cm³/mol. The average molecular weight is 376 g/mol. The Morgan fingerprint density at radius 2 is 1.04 bits per heavy atom. The van der Waals surface area contributed by atoms with Gasteiger partial charge in [0.15, 0.2) is 0 Å². The first-order valence-corrected chi connectivity index (χ1v) is 9.60. The largest absolute Gasteiger partial charge is 0.507 e. The van der Waals surface area contributed by atoms with Crippen molar-refractivity contribution < 1.29 is 10.2 Å². The number of phenols is 2. The third-order valence-corrected chi connectivity index (χ3v) is 6.30. The van der Waals surface area contributed by atoms with Crippen molar-refractivity contribution in [3.63, 3.8) is 0 Å². The zero-order valence-electron chi connectivity index (χ0n) is 13.4. The SMILES string of the molecule is Oc1cc(-c2nc3ccccc3s2)c(O)cc1-c1nc2ccccc2s1. The molecule has 5 rings (SSSR count). The lowest BCUT2D eigenvalue weighted by Crippen LogP contribution is -1.83. The minimum absolute atomic E-state index is 0.0797. The quantitative estimate of drug-likeness (QED) is 0.391. The first kappa shape index (κ1) is 15.3. The zero-order chi connectivity index (χ0) is 17.7. The highest BCUT2D eigenvalue weighted by Crippen LogP contribution is 2.43. The standard InChI is InChI=1S/C20H12N2O2S2/c23-15-10-12(20-22-14-6-2-4-8-18(14)26-20)16(24)9-11(15)19-21-13-5-1-3-7-17(13)25-19/h1-10,23-24H. The second-order valence-electron chi connectivity index (χ2n) is 5.86. The summed E-state index contributed by atoms with van der Waals surface area (Å²) in [5, 5.41) is 22.5. The average Bonchev–Trinajstić information content (AvgIpc) is 3.26. The predicted octanol–water partition coefficient (Wildman–Crippen LogP) is 5.65. The molecule has 0 saturated carbocycles. The minimum atomic E-state index is 0.0797. The minimum Gasteiger partial charge on any atom is -0.507 e. The van der Waals surface area contributed by atoms with Crippen molar-refractivity contribution in [3.05, 3.63) is 60.7 Å². The fraction of sp³-hybridized carbons (Fsp3) is 0. The van der Waals surface area contributed by atoms with E-state index in [9.17, 15) is 10.2 Å². The molecule has 2 heterocycles. The third-order valence-electron chi connectivity index (χ3n) is 4.16. The Bertz CT molecular complexity index is 1110. The summed E-state index contributed by atoms with van der Waals surface area (Å²) >= 11 is 2.97. The Kier molecular flexibility index (Phi) is 3.41. The van der Waals surface area contributed by atoms with Gasteiger partial charge in [-0.25, -0.2) is 9.97 Å². The lowest BCUT2D eigenvalue weighted by Gasteiger charge is -2.06. The van der Waals surface area contributed by atoms with Gasteiger partial charge >= 0.3 is 0 Å². The van der Waals surface area contributed by atoms with E-state index in [-0.39, 0.29) is 11.5 Å². The van der Waals surface area contributed by atoms with Crippen LogP contribution in [0.1, 0.15) is 0 Å². The van der Waals surface area contributed by atoms with Crippen LogP contribution in [-0.4, -0.2) is 20.2 Å². The van der Waals surface area contributed by atoms with Crippen LogP contribution in [0, 0.1) is 0 Å². The molecule has 0 aliphatic heterocycles. The summed E-state index contributed by atoms with van der Waals surface area (Å²) in [6.07, 6.45) is 0. The van der Waals surface area contributed by atoms with Gasteiger partial charge in [0.05, 0.1) is 31.6 Å². The molecular weight excluding hydrogens is 364 g/mol. The number of hydrogen-bond acceptors (Lipinski definition) is 6. The second-order valence-corrected chi connectivity index (χ2v) is 7.92. The Balaban J connectivity index is 1.64. The Hall–Kier alpha value is -2.96. The van der Waals surface area contributed by atoms with Crippen LogP contribution in [0.3, 0.4) is 0 Å². The van der Waals surface area contributed by atoms with E-state index in [1.54, 1.807) is 12.1 Å². The molecule has 0 fully saturated rings. The van der Waals surface area contributed by atoms with Crippen molar-refractivity contribution in [1.82, 2.24) is 9.97 Å². The molecule has 4 nitrogen and oxygen atoms in total. The molecule has 0 spiro atoms. The maximum absolute atomic E-state index is 10.6. The van der Waals surface area contributed by atoms with Crippen LogP contribution >= 0.6 is 22.7 Å². The smallest absolute Gasteiger partial charge is 0.128 e. The summed E-state index contributed by atoms with van der Waals surface area (Å²) in [6.45, 7) is 0. The van der Waals surface area contributed by atoms with Crippen molar-refractivity contribution in [2.75, 3.05) is 0 Å². The van der Waals surface area contributed by atoms with Gasteiger partial charge in [-0.2, -0.15) is 0 Å². The highest BCUT2D eigenvalue weighted by atomic mass is 32.1. The van der Waals surface area contributed by atoms with Gasteiger partial charge in [0.2, 0.25) is 0 Å². The molecule has 0 unspecified atom stereocenters. The molecule has 3 aromatic carbocycles. The van der Waals surface area contributed by atoms with Gasteiger partial charge in [0, 0.05) is 0 Å². The number of hydrogen-bond donors (Lipinski definition) is 2. The molecule has 0 aliphatic carbocycles. The first-order valence-electron chi connectivity index (χ1n) is 7.97. The van der Waals surface area contributed by atoms with Gasteiger partial charge in [-0.05, 0) is 36.4 Å². The number of nitrogens with zero attached hydrogens (tertiary/aromatic N) is 2. The monoisotopic (exact) mass is 376 g/mol. The molecule has 126 valence electrons. The van der Waals surface area contributed by atoms with Crippen molar-refractivity contribution >= 4 is 43.1 Å². The first-order chi connectivity index (χ1) is 12.7. The molecule has 0 bridgehead atoms. The van der Waals surface area contributed by atoms with Crippen molar-refractivity contribution in [2.24, 2.45) is 0 Å². The van der Waals surface area contributed by atoms with Gasteiger partial charge in [-0.3, -0.25) is 0 Å². The van der Waals surface area contributed by atoms with Crippen LogP contribution in [-0.2, 0) is 0 Å². The number of phenolic OH excluding ortho intramolecular Hbond substituents is 2. The summed E-state index contributed by atoms with van der Waals surface area (Å²) < 4.78 is 2.08. The lowest BCUT2D eigenvalue weighted by molar-refractivity contribution is 0.463. The van der Waals surface area contributed by atoms with Crippen molar-refractivity contribution in [2.45, 2.75) is 0 Å². The van der Waals surface area contributed by atoms with E-state index in [0.29, 0.717) is 21.1 Å². The number of aromatic hydroxyl groups is 2. The molecule has 0 radical (unpaired) electrons. The number of thiazole rings is 2. The second kappa shape index (κ2) is 5.79. The van der Waals surface area contributed by atoms with Crippen LogP contribution in [0.2, 0.25) is 0 Å².